The van der Waals surface area contributed by atoms with Crippen molar-refractivity contribution in [2.45, 2.75) is 77.2 Å². The van der Waals surface area contributed by atoms with Gasteiger partial charge < -0.3 is 10.6 Å². The van der Waals surface area contributed by atoms with E-state index >= 15 is 0 Å². The Hall–Kier alpha value is -2.37. The lowest BCUT2D eigenvalue weighted by atomic mass is 10.1. The number of fused-ring (bicyclic) bond motifs is 1. The third kappa shape index (κ3) is 5.57. The molecular formula is C22H32N4O2. The Kier molecular flexibility index (Phi) is 7.46. The summed E-state index contributed by atoms with van der Waals surface area (Å²) in [5.74, 6) is 0.0830. The summed E-state index contributed by atoms with van der Waals surface area (Å²) < 4.78 is 1.82. The number of pyridine rings is 1. The van der Waals surface area contributed by atoms with Gasteiger partial charge in [-0.2, -0.15) is 0 Å². The van der Waals surface area contributed by atoms with Crippen molar-refractivity contribution in [3.63, 3.8) is 0 Å². The van der Waals surface area contributed by atoms with E-state index in [9.17, 15) is 9.59 Å². The summed E-state index contributed by atoms with van der Waals surface area (Å²) in [5, 5.41) is 6.17. The van der Waals surface area contributed by atoms with Crippen LogP contribution in [0.5, 0.6) is 0 Å². The van der Waals surface area contributed by atoms with Crippen molar-refractivity contribution in [3.05, 3.63) is 35.8 Å². The van der Waals surface area contributed by atoms with Crippen LogP contribution in [-0.4, -0.2) is 33.8 Å². The van der Waals surface area contributed by atoms with E-state index in [2.05, 4.69) is 15.6 Å². The number of hydrogen-bond acceptors (Lipinski definition) is 3. The first-order valence-electron chi connectivity index (χ1n) is 10.7. The highest BCUT2D eigenvalue weighted by Crippen LogP contribution is 2.17. The largest absolute Gasteiger partial charge is 0.353 e. The molecule has 2 aromatic heterocycles. The van der Waals surface area contributed by atoms with E-state index in [0.29, 0.717) is 24.7 Å². The molecule has 152 valence electrons. The van der Waals surface area contributed by atoms with E-state index in [1.807, 2.05) is 35.7 Å². The number of nitrogens with zero attached hydrogens (tertiary/aromatic N) is 2. The van der Waals surface area contributed by atoms with Crippen LogP contribution in [-0.2, 0) is 4.79 Å². The van der Waals surface area contributed by atoms with E-state index in [1.165, 1.54) is 25.7 Å². The van der Waals surface area contributed by atoms with Crippen LogP contribution in [0.25, 0.3) is 5.65 Å². The molecule has 3 rings (SSSR count). The molecule has 6 heteroatoms. The first kappa shape index (κ1) is 20.4. The van der Waals surface area contributed by atoms with E-state index in [-0.39, 0.29) is 11.8 Å². The molecule has 2 N–H and O–H groups in total. The van der Waals surface area contributed by atoms with Gasteiger partial charge in [0.25, 0.3) is 5.91 Å². The second-order valence-corrected chi connectivity index (χ2v) is 7.80. The van der Waals surface area contributed by atoms with Crippen molar-refractivity contribution in [2.75, 3.05) is 6.54 Å². The zero-order chi connectivity index (χ0) is 19.8. The van der Waals surface area contributed by atoms with Crippen molar-refractivity contribution in [1.82, 2.24) is 20.0 Å². The number of amides is 2. The number of aromatic nitrogens is 2. The van der Waals surface area contributed by atoms with Crippen LogP contribution in [0, 0.1) is 6.92 Å². The van der Waals surface area contributed by atoms with Gasteiger partial charge >= 0.3 is 0 Å². The van der Waals surface area contributed by atoms with Crippen LogP contribution in [0.2, 0.25) is 0 Å². The van der Waals surface area contributed by atoms with Crippen LogP contribution < -0.4 is 10.6 Å². The molecule has 28 heavy (non-hydrogen) atoms. The lowest BCUT2D eigenvalue weighted by molar-refractivity contribution is -0.122. The SMILES string of the molecule is Cc1nc2ccccn2c1C(=O)NCCCCCC(=O)NC1CCCCCC1. The predicted octanol–water partition coefficient (Wildman–Crippen LogP) is 3.77. The fraction of sp³-hybridized carbons (Fsp3) is 0.591. The van der Waals surface area contributed by atoms with Gasteiger partial charge in [0, 0.05) is 25.2 Å². The summed E-state index contributed by atoms with van der Waals surface area (Å²) in [4.78, 5) is 29.0. The summed E-state index contributed by atoms with van der Waals surface area (Å²) >= 11 is 0. The minimum Gasteiger partial charge on any atom is -0.353 e. The van der Waals surface area contributed by atoms with Gasteiger partial charge in [-0.25, -0.2) is 4.98 Å². The first-order valence-corrected chi connectivity index (χ1v) is 10.7. The molecule has 0 atom stereocenters. The van der Waals surface area contributed by atoms with Crippen molar-refractivity contribution in [1.29, 1.82) is 0 Å². The van der Waals surface area contributed by atoms with Gasteiger partial charge in [0.05, 0.1) is 5.69 Å². The lowest BCUT2D eigenvalue weighted by Gasteiger charge is -2.16. The number of hydrogen-bond donors (Lipinski definition) is 2. The molecule has 0 bridgehead atoms. The number of unbranched alkanes of at least 4 members (excludes halogenated alkanes) is 2. The normalized spacial score (nSPS) is 15.3. The molecule has 0 saturated heterocycles. The third-order valence-corrected chi connectivity index (χ3v) is 5.51. The molecule has 0 aromatic carbocycles. The van der Waals surface area contributed by atoms with Crippen LogP contribution in [0.15, 0.2) is 24.4 Å². The van der Waals surface area contributed by atoms with Crippen LogP contribution in [0.4, 0.5) is 0 Å². The number of rotatable bonds is 8. The maximum absolute atomic E-state index is 12.5. The topological polar surface area (TPSA) is 75.5 Å². The molecule has 2 aromatic rings. The average molecular weight is 385 g/mol. The van der Waals surface area contributed by atoms with Gasteiger partial charge in [-0.3, -0.25) is 14.0 Å². The number of carbonyl (C=O) groups is 2. The molecule has 0 radical (unpaired) electrons. The average Bonchev–Trinajstić information content (AvgIpc) is 2.83. The standard InChI is InChI=1S/C22H32N4O2/c1-17-21(26-16-10-8-13-19(26)24-17)22(28)23-15-9-4-7-14-20(27)25-18-11-5-2-3-6-12-18/h8,10,13,16,18H,2-7,9,11-12,14-15H2,1H3,(H,23,28)(H,25,27). The molecule has 1 fully saturated rings. The minimum atomic E-state index is -0.0951. The highest BCUT2D eigenvalue weighted by molar-refractivity contribution is 5.94. The van der Waals surface area contributed by atoms with Crippen molar-refractivity contribution < 1.29 is 9.59 Å². The molecule has 1 aliphatic rings. The third-order valence-electron chi connectivity index (χ3n) is 5.51. The highest BCUT2D eigenvalue weighted by atomic mass is 16.2. The van der Waals surface area contributed by atoms with E-state index < -0.39 is 0 Å². The molecule has 0 aliphatic heterocycles. The second-order valence-electron chi connectivity index (χ2n) is 7.80. The zero-order valence-electron chi connectivity index (χ0n) is 16.9. The quantitative estimate of drug-likeness (QED) is 0.537. The Morgan fingerprint density at radius 1 is 1.11 bits per heavy atom. The Labute approximate surface area is 167 Å². The second kappa shape index (κ2) is 10.2. The predicted molar refractivity (Wildman–Crippen MR) is 110 cm³/mol. The van der Waals surface area contributed by atoms with E-state index in [0.717, 1.165) is 43.4 Å². The van der Waals surface area contributed by atoms with E-state index in [4.69, 9.17) is 0 Å². The maximum atomic E-state index is 12.5. The van der Waals surface area contributed by atoms with Gasteiger partial charge in [0.2, 0.25) is 5.91 Å². The lowest BCUT2D eigenvalue weighted by Crippen LogP contribution is -2.34. The Bertz CT molecular complexity index is 791. The summed E-state index contributed by atoms with van der Waals surface area (Å²) in [6.45, 7) is 2.47. The molecular weight excluding hydrogens is 352 g/mol. The summed E-state index contributed by atoms with van der Waals surface area (Å²) in [7, 11) is 0. The van der Waals surface area contributed by atoms with Crippen molar-refractivity contribution >= 4 is 17.5 Å². The fourth-order valence-electron chi connectivity index (χ4n) is 3.98. The number of imidazole rings is 1. The molecule has 2 amide bonds. The summed E-state index contributed by atoms with van der Waals surface area (Å²) in [6.07, 6.45) is 12.4. The van der Waals surface area contributed by atoms with E-state index in [1.54, 1.807) is 0 Å². The Morgan fingerprint density at radius 2 is 1.89 bits per heavy atom. The smallest absolute Gasteiger partial charge is 0.270 e. The summed E-state index contributed by atoms with van der Waals surface area (Å²) in [5.41, 5.74) is 2.11. The van der Waals surface area contributed by atoms with Crippen LogP contribution in [0.1, 0.15) is 80.4 Å². The number of aryl methyl sites for hydroxylation is 1. The van der Waals surface area contributed by atoms with Crippen LogP contribution in [0.3, 0.4) is 0 Å². The van der Waals surface area contributed by atoms with Gasteiger partial charge in [0.15, 0.2) is 0 Å². The molecule has 2 heterocycles. The molecule has 1 saturated carbocycles. The molecule has 1 aliphatic carbocycles. The fourth-order valence-corrected chi connectivity index (χ4v) is 3.98. The molecule has 0 unspecified atom stereocenters. The van der Waals surface area contributed by atoms with Gasteiger partial charge in [-0.1, -0.05) is 38.2 Å². The van der Waals surface area contributed by atoms with Crippen LogP contribution >= 0.6 is 0 Å². The Morgan fingerprint density at radius 3 is 2.68 bits per heavy atom. The minimum absolute atomic E-state index is 0.0951. The number of nitrogens with one attached hydrogen (secondary N) is 2. The van der Waals surface area contributed by atoms with Crippen molar-refractivity contribution in [3.8, 4) is 0 Å². The highest BCUT2D eigenvalue weighted by Gasteiger charge is 2.16. The maximum Gasteiger partial charge on any atom is 0.270 e. The molecule has 6 nitrogen and oxygen atoms in total. The van der Waals surface area contributed by atoms with Gasteiger partial charge in [0.1, 0.15) is 11.3 Å². The number of carbonyl (C=O) groups excluding carboxylic acids is 2. The van der Waals surface area contributed by atoms with Crippen molar-refractivity contribution in [2.24, 2.45) is 0 Å². The zero-order valence-corrected chi connectivity index (χ0v) is 16.9. The van der Waals surface area contributed by atoms with Gasteiger partial charge in [-0.15, -0.1) is 0 Å². The summed E-state index contributed by atoms with van der Waals surface area (Å²) in [6, 6.07) is 6.08. The van der Waals surface area contributed by atoms with Gasteiger partial charge in [-0.05, 0) is 44.7 Å². The monoisotopic (exact) mass is 384 g/mol. The first-order chi connectivity index (χ1) is 13.6. The Balaban J connectivity index is 1.33. The molecule has 0 spiro atoms.